The van der Waals surface area contributed by atoms with Crippen LogP contribution in [-0.4, -0.2) is 40.7 Å². The first-order valence-electron chi connectivity index (χ1n) is 12.1. The van der Waals surface area contributed by atoms with Crippen LogP contribution in [0.2, 0.25) is 0 Å². The molecule has 1 aromatic carbocycles. The van der Waals surface area contributed by atoms with Crippen molar-refractivity contribution in [2.75, 3.05) is 7.11 Å². The molecule has 1 aliphatic rings. The van der Waals surface area contributed by atoms with Crippen molar-refractivity contribution in [2.45, 2.75) is 45.6 Å². The van der Waals surface area contributed by atoms with Crippen molar-refractivity contribution in [3.05, 3.63) is 76.9 Å². The lowest BCUT2D eigenvalue weighted by Gasteiger charge is -2.15. The molecule has 1 aliphatic carbocycles. The zero-order valence-corrected chi connectivity index (χ0v) is 20.7. The molecular formula is C27H27N7O2. The molecule has 0 amide bonds. The van der Waals surface area contributed by atoms with Crippen molar-refractivity contribution in [1.29, 1.82) is 0 Å². The summed E-state index contributed by atoms with van der Waals surface area (Å²) in [4.78, 5) is 32.4. The van der Waals surface area contributed by atoms with Gasteiger partial charge in [0.05, 0.1) is 35.7 Å². The van der Waals surface area contributed by atoms with Gasteiger partial charge in [0.2, 0.25) is 0 Å². The zero-order valence-electron chi connectivity index (χ0n) is 20.7. The standard InChI is InChI=1S/C27H27N7O2/c1-16(2)33-11-10-28-25(33)20-6-5-7-24(30-20)34-26(35)19-13-23(17(3)12-21(19)31-27(34)36-4)32-14-22(29-15-32)18-8-9-18/h5-7,10-16,18H,8-9H2,1-4H3. The first-order chi connectivity index (χ1) is 17.4. The number of ether oxygens (including phenoxy) is 1. The van der Waals surface area contributed by atoms with E-state index in [1.165, 1.54) is 24.5 Å². The number of hydrogen-bond acceptors (Lipinski definition) is 6. The molecule has 0 N–H and O–H groups in total. The molecule has 6 rings (SSSR count). The van der Waals surface area contributed by atoms with E-state index in [0.29, 0.717) is 28.3 Å². The van der Waals surface area contributed by atoms with Crippen molar-refractivity contribution in [3.8, 4) is 29.0 Å². The van der Waals surface area contributed by atoms with Crippen LogP contribution < -0.4 is 10.3 Å². The van der Waals surface area contributed by atoms with Crippen LogP contribution in [0.1, 0.15) is 49.9 Å². The van der Waals surface area contributed by atoms with E-state index in [2.05, 4.69) is 35.0 Å². The largest absolute Gasteiger partial charge is 0.468 e. The third-order valence-corrected chi connectivity index (χ3v) is 6.63. The Hall–Kier alpha value is -4.27. The van der Waals surface area contributed by atoms with Gasteiger partial charge < -0.3 is 13.9 Å². The molecular weight excluding hydrogens is 454 g/mol. The van der Waals surface area contributed by atoms with Gasteiger partial charge >= 0.3 is 6.01 Å². The van der Waals surface area contributed by atoms with Gasteiger partial charge in [0.15, 0.2) is 5.82 Å². The van der Waals surface area contributed by atoms with Crippen LogP contribution >= 0.6 is 0 Å². The molecule has 4 aromatic heterocycles. The quantitative estimate of drug-likeness (QED) is 0.352. The predicted octanol–water partition coefficient (Wildman–Crippen LogP) is 4.61. The number of rotatable bonds is 6. The molecule has 1 saturated carbocycles. The van der Waals surface area contributed by atoms with Crippen molar-refractivity contribution in [2.24, 2.45) is 0 Å². The van der Waals surface area contributed by atoms with E-state index >= 15 is 0 Å². The average Bonchev–Trinajstić information content (AvgIpc) is 3.38. The van der Waals surface area contributed by atoms with E-state index in [1.807, 2.05) is 52.8 Å². The Morgan fingerprint density at radius 1 is 1.11 bits per heavy atom. The highest BCUT2D eigenvalue weighted by Crippen LogP contribution is 2.39. The maximum absolute atomic E-state index is 13.9. The molecule has 0 aliphatic heterocycles. The Balaban J connectivity index is 1.51. The maximum atomic E-state index is 13.9. The first kappa shape index (κ1) is 22.2. The average molecular weight is 482 g/mol. The van der Waals surface area contributed by atoms with Crippen LogP contribution in [0.3, 0.4) is 0 Å². The molecule has 182 valence electrons. The van der Waals surface area contributed by atoms with Crippen LogP contribution in [0, 0.1) is 6.92 Å². The van der Waals surface area contributed by atoms with Gasteiger partial charge in [-0.1, -0.05) is 6.07 Å². The normalized spacial score (nSPS) is 13.6. The van der Waals surface area contributed by atoms with Gasteiger partial charge in [-0.15, -0.1) is 0 Å². The monoisotopic (exact) mass is 481 g/mol. The molecule has 9 nitrogen and oxygen atoms in total. The van der Waals surface area contributed by atoms with E-state index in [1.54, 1.807) is 12.3 Å². The van der Waals surface area contributed by atoms with E-state index in [0.717, 1.165) is 22.8 Å². The van der Waals surface area contributed by atoms with Gasteiger partial charge in [-0.25, -0.2) is 19.5 Å². The Bertz CT molecular complexity index is 1660. The second kappa shape index (κ2) is 8.44. The van der Waals surface area contributed by atoms with E-state index in [4.69, 9.17) is 9.72 Å². The number of nitrogens with zero attached hydrogens (tertiary/aromatic N) is 7. The highest BCUT2D eigenvalue weighted by Gasteiger charge is 2.26. The highest BCUT2D eigenvalue weighted by molar-refractivity contribution is 5.82. The third-order valence-electron chi connectivity index (χ3n) is 6.63. The van der Waals surface area contributed by atoms with Crippen LogP contribution in [0.15, 0.2) is 60.0 Å². The second-order valence-electron chi connectivity index (χ2n) is 9.51. The summed E-state index contributed by atoms with van der Waals surface area (Å²) in [6.07, 6.45) is 9.93. The van der Waals surface area contributed by atoms with Crippen molar-refractivity contribution < 1.29 is 4.74 Å². The van der Waals surface area contributed by atoms with Gasteiger partial charge in [0, 0.05) is 30.6 Å². The number of hydrogen-bond donors (Lipinski definition) is 0. The first-order valence-corrected chi connectivity index (χ1v) is 12.1. The number of imidazole rings is 2. The molecule has 0 bridgehead atoms. The number of benzene rings is 1. The summed E-state index contributed by atoms with van der Waals surface area (Å²) in [7, 11) is 1.51. The molecule has 5 aromatic rings. The Labute approximate surface area is 208 Å². The molecule has 4 heterocycles. The van der Waals surface area contributed by atoms with Crippen LogP contribution in [-0.2, 0) is 0 Å². The SMILES string of the molecule is COc1nc2cc(C)c(-n3cnc(C4CC4)c3)cc2c(=O)n1-c1cccc(-c2nccn2C(C)C)n1. The zero-order chi connectivity index (χ0) is 25.0. The fourth-order valence-corrected chi connectivity index (χ4v) is 4.58. The summed E-state index contributed by atoms with van der Waals surface area (Å²) < 4.78 is 11.0. The molecule has 0 radical (unpaired) electrons. The summed E-state index contributed by atoms with van der Waals surface area (Å²) in [6.45, 7) is 6.18. The summed E-state index contributed by atoms with van der Waals surface area (Å²) in [5, 5.41) is 0.481. The minimum Gasteiger partial charge on any atom is -0.468 e. The van der Waals surface area contributed by atoms with Crippen molar-refractivity contribution in [3.63, 3.8) is 0 Å². The molecule has 0 unspecified atom stereocenters. The molecule has 0 atom stereocenters. The Kier molecular flexibility index (Phi) is 5.21. The van der Waals surface area contributed by atoms with Gasteiger partial charge in [0.1, 0.15) is 11.5 Å². The van der Waals surface area contributed by atoms with Crippen molar-refractivity contribution >= 4 is 10.9 Å². The third kappa shape index (κ3) is 3.67. The smallest absolute Gasteiger partial charge is 0.305 e. The lowest BCUT2D eigenvalue weighted by Crippen LogP contribution is -2.23. The van der Waals surface area contributed by atoms with E-state index < -0.39 is 0 Å². The summed E-state index contributed by atoms with van der Waals surface area (Å²) >= 11 is 0. The molecule has 1 fully saturated rings. The van der Waals surface area contributed by atoms with Gasteiger partial charge in [-0.3, -0.25) is 4.79 Å². The number of aryl methyl sites for hydroxylation is 1. The number of pyridine rings is 1. The summed E-state index contributed by atoms with van der Waals surface area (Å²) in [5.41, 5.74) is 3.98. The Morgan fingerprint density at radius 3 is 2.69 bits per heavy atom. The predicted molar refractivity (Wildman–Crippen MR) is 137 cm³/mol. The lowest BCUT2D eigenvalue weighted by molar-refractivity contribution is 0.367. The van der Waals surface area contributed by atoms with Crippen molar-refractivity contribution in [1.82, 2.24) is 33.6 Å². The maximum Gasteiger partial charge on any atom is 0.305 e. The summed E-state index contributed by atoms with van der Waals surface area (Å²) in [5.74, 6) is 1.71. The highest BCUT2D eigenvalue weighted by atomic mass is 16.5. The Morgan fingerprint density at radius 2 is 1.94 bits per heavy atom. The minimum absolute atomic E-state index is 0.176. The lowest BCUT2D eigenvalue weighted by atomic mass is 10.1. The minimum atomic E-state index is -0.252. The van der Waals surface area contributed by atoms with Gasteiger partial charge in [0.25, 0.3) is 5.56 Å². The van der Waals surface area contributed by atoms with Crippen LogP contribution in [0.5, 0.6) is 6.01 Å². The molecule has 36 heavy (non-hydrogen) atoms. The molecule has 0 spiro atoms. The molecule has 9 heteroatoms. The van der Waals surface area contributed by atoms with Crippen LogP contribution in [0.25, 0.3) is 33.9 Å². The van der Waals surface area contributed by atoms with Crippen LogP contribution in [0.4, 0.5) is 0 Å². The fourth-order valence-electron chi connectivity index (χ4n) is 4.58. The topological polar surface area (TPSA) is 92.6 Å². The van der Waals surface area contributed by atoms with Gasteiger partial charge in [-0.05, 0) is 63.4 Å². The van der Waals surface area contributed by atoms with E-state index in [9.17, 15) is 4.79 Å². The fraction of sp³-hybridized carbons (Fsp3) is 0.296. The van der Waals surface area contributed by atoms with E-state index in [-0.39, 0.29) is 17.6 Å². The molecule has 0 saturated heterocycles. The number of methoxy groups -OCH3 is 1. The second-order valence-corrected chi connectivity index (χ2v) is 9.51. The summed E-state index contributed by atoms with van der Waals surface area (Å²) in [6, 6.07) is 9.71. The number of aromatic nitrogens is 7. The van der Waals surface area contributed by atoms with Gasteiger partial charge in [-0.2, -0.15) is 4.98 Å². The number of fused-ring (bicyclic) bond motifs is 1.